The lowest BCUT2D eigenvalue weighted by Crippen LogP contribution is -2.43. The van der Waals surface area contributed by atoms with Crippen LogP contribution in [0.3, 0.4) is 0 Å². The summed E-state index contributed by atoms with van der Waals surface area (Å²) in [6.45, 7) is 2.81. The van der Waals surface area contributed by atoms with Crippen molar-refractivity contribution in [3.63, 3.8) is 0 Å². The van der Waals surface area contributed by atoms with E-state index in [0.29, 0.717) is 30.2 Å². The van der Waals surface area contributed by atoms with Gasteiger partial charge in [-0.2, -0.15) is 0 Å². The van der Waals surface area contributed by atoms with Crippen LogP contribution in [0.15, 0.2) is 90.0 Å². The summed E-state index contributed by atoms with van der Waals surface area (Å²) in [6.07, 6.45) is 6.52. The van der Waals surface area contributed by atoms with Gasteiger partial charge in [0.25, 0.3) is 5.56 Å². The second kappa shape index (κ2) is 10.0. The number of carbonyl (C=O) groups is 1. The smallest absolute Gasteiger partial charge is 0.255 e. The number of anilines is 2. The summed E-state index contributed by atoms with van der Waals surface area (Å²) in [5.41, 5.74) is 4.22. The fraction of sp³-hybridized carbons (Fsp3) is 0.267. The van der Waals surface area contributed by atoms with E-state index in [1.165, 1.54) is 12.8 Å². The average molecular weight is 492 g/mol. The minimum Gasteiger partial charge on any atom is -0.372 e. The average Bonchev–Trinajstić information content (AvgIpc) is 3.49. The number of nitrogens with zero attached hydrogens (tertiary/aromatic N) is 5. The molecule has 2 aromatic heterocycles. The van der Waals surface area contributed by atoms with Crippen molar-refractivity contribution >= 4 is 17.4 Å². The van der Waals surface area contributed by atoms with Crippen molar-refractivity contribution < 1.29 is 4.79 Å². The predicted octanol–water partition coefficient (Wildman–Crippen LogP) is 4.74. The highest BCUT2D eigenvalue weighted by Crippen LogP contribution is 2.34. The van der Waals surface area contributed by atoms with Crippen molar-refractivity contribution in [1.82, 2.24) is 14.5 Å². The van der Waals surface area contributed by atoms with Gasteiger partial charge in [0.2, 0.25) is 5.95 Å². The van der Waals surface area contributed by atoms with Gasteiger partial charge in [-0.25, -0.2) is 4.98 Å². The fourth-order valence-corrected chi connectivity index (χ4v) is 5.42. The van der Waals surface area contributed by atoms with E-state index in [4.69, 9.17) is 4.98 Å². The Bertz CT molecular complexity index is 1450. The zero-order chi connectivity index (χ0) is 25.2. The topological polar surface area (TPSA) is 71.3 Å². The minimum absolute atomic E-state index is 0.00548. The van der Waals surface area contributed by atoms with Crippen LogP contribution in [0.1, 0.15) is 41.2 Å². The SMILES string of the molecule is O=C(CN1c2nc(-c3ccncc3)cc(=O)n2CCC1c1ccccc1)c1ccc(N2CCCC2)cc1. The molecule has 7 heteroatoms. The Hall–Kier alpha value is -4.26. The molecule has 0 spiro atoms. The summed E-state index contributed by atoms with van der Waals surface area (Å²) in [7, 11) is 0. The van der Waals surface area contributed by atoms with Crippen molar-refractivity contribution in [3.05, 3.63) is 107 Å². The first kappa shape index (κ1) is 23.2. The third-order valence-corrected chi connectivity index (χ3v) is 7.38. The first-order valence-corrected chi connectivity index (χ1v) is 12.9. The minimum atomic E-state index is -0.115. The van der Waals surface area contributed by atoms with Crippen molar-refractivity contribution in [2.75, 3.05) is 29.4 Å². The van der Waals surface area contributed by atoms with E-state index in [-0.39, 0.29) is 23.9 Å². The van der Waals surface area contributed by atoms with Gasteiger partial charge in [0, 0.05) is 54.9 Å². The predicted molar refractivity (Wildman–Crippen MR) is 145 cm³/mol. The maximum absolute atomic E-state index is 13.6. The van der Waals surface area contributed by atoms with E-state index < -0.39 is 0 Å². The lowest BCUT2D eigenvalue weighted by Gasteiger charge is -2.38. The van der Waals surface area contributed by atoms with E-state index in [9.17, 15) is 9.59 Å². The van der Waals surface area contributed by atoms with E-state index in [0.717, 1.165) is 29.9 Å². The van der Waals surface area contributed by atoms with Crippen LogP contribution in [0.25, 0.3) is 11.3 Å². The largest absolute Gasteiger partial charge is 0.372 e. The van der Waals surface area contributed by atoms with Crippen LogP contribution >= 0.6 is 0 Å². The quantitative estimate of drug-likeness (QED) is 0.363. The normalized spacial score (nSPS) is 17.0. The highest BCUT2D eigenvalue weighted by molar-refractivity contribution is 5.99. The van der Waals surface area contributed by atoms with Gasteiger partial charge in [0.15, 0.2) is 5.78 Å². The zero-order valence-electron chi connectivity index (χ0n) is 20.7. The zero-order valence-corrected chi connectivity index (χ0v) is 20.7. The first-order valence-electron chi connectivity index (χ1n) is 12.9. The lowest BCUT2D eigenvalue weighted by molar-refractivity contribution is 0.0994. The van der Waals surface area contributed by atoms with Crippen LogP contribution in [0.5, 0.6) is 0 Å². The van der Waals surface area contributed by atoms with Gasteiger partial charge in [-0.15, -0.1) is 0 Å². The monoisotopic (exact) mass is 491 g/mol. The first-order chi connectivity index (χ1) is 18.2. The van der Waals surface area contributed by atoms with Gasteiger partial charge in [-0.05, 0) is 61.2 Å². The lowest BCUT2D eigenvalue weighted by atomic mass is 9.99. The molecule has 0 aliphatic carbocycles. The number of pyridine rings is 1. The van der Waals surface area contributed by atoms with Gasteiger partial charge in [0.05, 0.1) is 18.3 Å². The number of fused-ring (bicyclic) bond motifs is 1. The van der Waals surface area contributed by atoms with Gasteiger partial charge in [-0.3, -0.25) is 19.1 Å². The van der Waals surface area contributed by atoms with E-state index >= 15 is 0 Å². The van der Waals surface area contributed by atoms with E-state index in [1.807, 2.05) is 59.5 Å². The third kappa shape index (κ3) is 4.65. The second-order valence-electron chi connectivity index (χ2n) is 9.67. The summed E-state index contributed by atoms with van der Waals surface area (Å²) >= 11 is 0. The number of carbonyl (C=O) groups excluding carboxylic acids is 1. The molecular formula is C30H29N5O2. The molecule has 1 saturated heterocycles. The summed E-state index contributed by atoms with van der Waals surface area (Å²) in [4.78, 5) is 40.1. The number of Topliss-reactive ketones (excluding diaryl/α,β-unsaturated/α-hetero) is 1. The van der Waals surface area contributed by atoms with Gasteiger partial charge >= 0.3 is 0 Å². The molecule has 1 atom stereocenters. The molecule has 6 rings (SSSR count). The molecule has 2 aliphatic rings. The van der Waals surface area contributed by atoms with Crippen LogP contribution in [0.4, 0.5) is 11.6 Å². The van der Waals surface area contributed by atoms with Crippen LogP contribution in [0, 0.1) is 0 Å². The summed E-state index contributed by atoms with van der Waals surface area (Å²) in [5, 5.41) is 0. The van der Waals surface area contributed by atoms with E-state index in [2.05, 4.69) is 22.0 Å². The van der Waals surface area contributed by atoms with Crippen molar-refractivity contribution in [3.8, 4) is 11.3 Å². The number of hydrogen-bond acceptors (Lipinski definition) is 6. The second-order valence-corrected chi connectivity index (χ2v) is 9.67. The molecule has 1 unspecified atom stereocenters. The molecule has 186 valence electrons. The van der Waals surface area contributed by atoms with Crippen molar-refractivity contribution in [1.29, 1.82) is 0 Å². The molecule has 7 nitrogen and oxygen atoms in total. The van der Waals surface area contributed by atoms with Crippen LogP contribution in [-0.4, -0.2) is 40.0 Å². The summed E-state index contributed by atoms with van der Waals surface area (Å²) < 4.78 is 1.69. The Labute approximate surface area is 216 Å². The molecule has 2 aromatic carbocycles. The summed E-state index contributed by atoms with van der Waals surface area (Å²) in [5.74, 6) is 0.535. The van der Waals surface area contributed by atoms with Crippen LogP contribution in [0.2, 0.25) is 0 Å². The molecule has 0 bridgehead atoms. The molecule has 4 aromatic rings. The maximum atomic E-state index is 13.6. The Morgan fingerprint density at radius 3 is 2.35 bits per heavy atom. The highest BCUT2D eigenvalue weighted by Gasteiger charge is 2.31. The molecule has 0 amide bonds. The Balaban J connectivity index is 1.37. The van der Waals surface area contributed by atoms with Crippen LogP contribution in [-0.2, 0) is 6.54 Å². The van der Waals surface area contributed by atoms with Crippen LogP contribution < -0.4 is 15.4 Å². The molecule has 0 N–H and O–H groups in total. The molecule has 1 fully saturated rings. The number of benzene rings is 2. The standard InChI is InChI=1S/C30H29N5O2/c36-28(24-8-10-25(11-9-24)33-17-4-5-18-33)21-35-27(23-6-2-1-3-7-23)14-19-34-29(37)20-26(32-30(34)35)22-12-15-31-16-13-22/h1-3,6-13,15-16,20,27H,4-5,14,17-19,21H2. The van der Waals surface area contributed by atoms with Gasteiger partial charge < -0.3 is 9.80 Å². The molecule has 2 aliphatic heterocycles. The highest BCUT2D eigenvalue weighted by atomic mass is 16.1. The Kier molecular flexibility index (Phi) is 6.26. The van der Waals surface area contributed by atoms with Gasteiger partial charge in [0.1, 0.15) is 0 Å². The Morgan fingerprint density at radius 2 is 1.62 bits per heavy atom. The molecule has 4 heterocycles. The van der Waals surface area contributed by atoms with Crippen molar-refractivity contribution in [2.24, 2.45) is 0 Å². The van der Waals surface area contributed by atoms with Gasteiger partial charge in [-0.1, -0.05) is 30.3 Å². The molecule has 37 heavy (non-hydrogen) atoms. The summed E-state index contributed by atoms with van der Waals surface area (Å²) in [6, 6.07) is 23.3. The number of hydrogen-bond donors (Lipinski definition) is 0. The third-order valence-electron chi connectivity index (χ3n) is 7.38. The molecular weight excluding hydrogens is 462 g/mol. The number of ketones is 1. The number of aromatic nitrogens is 3. The molecule has 0 radical (unpaired) electrons. The fourth-order valence-electron chi connectivity index (χ4n) is 5.42. The number of rotatable bonds is 6. The van der Waals surface area contributed by atoms with E-state index in [1.54, 1.807) is 23.0 Å². The Morgan fingerprint density at radius 1 is 0.892 bits per heavy atom. The molecule has 0 saturated carbocycles. The van der Waals surface area contributed by atoms with Crippen molar-refractivity contribution in [2.45, 2.75) is 31.8 Å². The maximum Gasteiger partial charge on any atom is 0.255 e.